The quantitative estimate of drug-likeness (QED) is 0.257. The van der Waals surface area contributed by atoms with Crippen molar-refractivity contribution in [3.8, 4) is 0 Å². The number of anilines is 1. The van der Waals surface area contributed by atoms with Crippen molar-refractivity contribution in [1.82, 2.24) is 5.43 Å². The molecule has 2 aromatic rings. The van der Waals surface area contributed by atoms with E-state index in [-0.39, 0.29) is 5.76 Å². The first-order valence-electron chi connectivity index (χ1n) is 5.79. The van der Waals surface area contributed by atoms with Crippen LogP contribution in [0.4, 0.5) is 5.69 Å². The van der Waals surface area contributed by atoms with Gasteiger partial charge in [0.25, 0.3) is 0 Å². The Balaban J connectivity index is 2.11. The molecule has 0 atom stereocenters. The largest absolute Gasteiger partial charge is 0.456 e. The number of halogens is 1. The highest BCUT2D eigenvalue weighted by Crippen LogP contribution is 2.32. The van der Waals surface area contributed by atoms with Gasteiger partial charge in [-0.2, -0.15) is 0 Å². The fourth-order valence-electron chi connectivity index (χ4n) is 1.64. The van der Waals surface area contributed by atoms with Crippen LogP contribution in [-0.2, 0) is 5.75 Å². The van der Waals surface area contributed by atoms with Gasteiger partial charge in [-0.3, -0.25) is 10.2 Å². The number of aryl methyl sites for hydroxylation is 1. The summed E-state index contributed by atoms with van der Waals surface area (Å²) in [5.41, 5.74) is 9.42. The minimum absolute atomic E-state index is 0.219. The Hall–Kier alpha value is -1.44. The summed E-state index contributed by atoms with van der Waals surface area (Å²) in [7, 11) is 0. The van der Waals surface area contributed by atoms with Gasteiger partial charge in [-0.05, 0) is 47.1 Å². The molecule has 1 aromatic carbocycles. The molecule has 0 aliphatic heterocycles. The zero-order valence-corrected chi connectivity index (χ0v) is 13.2. The Labute approximate surface area is 129 Å². The molecule has 5 nitrogen and oxygen atoms in total. The second-order valence-electron chi connectivity index (χ2n) is 4.14. The lowest BCUT2D eigenvalue weighted by molar-refractivity contribution is 0.0924. The van der Waals surface area contributed by atoms with Gasteiger partial charge >= 0.3 is 5.91 Å². The van der Waals surface area contributed by atoms with Crippen LogP contribution >= 0.6 is 27.7 Å². The van der Waals surface area contributed by atoms with Gasteiger partial charge < -0.3 is 10.2 Å². The number of benzene rings is 1. The Morgan fingerprint density at radius 1 is 1.45 bits per heavy atom. The number of hydrogen-bond donors (Lipinski definition) is 3. The van der Waals surface area contributed by atoms with Crippen LogP contribution in [0.3, 0.4) is 0 Å². The summed E-state index contributed by atoms with van der Waals surface area (Å²) in [6, 6.07) is 7.36. The van der Waals surface area contributed by atoms with Gasteiger partial charge in [0.15, 0.2) is 5.76 Å². The highest BCUT2D eigenvalue weighted by Gasteiger charge is 2.14. The smallest absolute Gasteiger partial charge is 0.300 e. The van der Waals surface area contributed by atoms with E-state index in [0.717, 1.165) is 14.9 Å². The topological polar surface area (TPSA) is 94.3 Å². The molecule has 2 rings (SSSR count). The summed E-state index contributed by atoms with van der Waals surface area (Å²) >= 11 is 5.10. The number of nitrogens with one attached hydrogen (secondary N) is 1. The number of nitrogens with two attached hydrogens (primary N) is 2. The number of rotatable bonds is 4. The van der Waals surface area contributed by atoms with Gasteiger partial charge in [-0.1, -0.05) is 0 Å². The van der Waals surface area contributed by atoms with Crippen molar-refractivity contribution in [3.63, 3.8) is 0 Å². The molecule has 7 heteroatoms. The summed E-state index contributed by atoms with van der Waals surface area (Å²) < 4.78 is 6.32. The molecule has 1 heterocycles. The highest BCUT2D eigenvalue weighted by molar-refractivity contribution is 9.10. The summed E-state index contributed by atoms with van der Waals surface area (Å²) in [6.45, 7) is 1.82. The monoisotopic (exact) mass is 355 g/mol. The van der Waals surface area contributed by atoms with Crippen LogP contribution in [0.5, 0.6) is 0 Å². The average Bonchev–Trinajstić information content (AvgIpc) is 2.78. The predicted molar refractivity (Wildman–Crippen MR) is 83.2 cm³/mol. The molecule has 0 radical (unpaired) electrons. The molecular formula is C13H14BrN3O2S. The highest BCUT2D eigenvalue weighted by atomic mass is 79.9. The maximum atomic E-state index is 11.4. The summed E-state index contributed by atoms with van der Waals surface area (Å²) in [5.74, 6) is 6.27. The summed E-state index contributed by atoms with van der Waals surface area (Å²) in [4.78, 5) is 12.5. The normalized spacial score (nSPS) is 10.6. The Bertz CT molecular complexity index is 643. The molecule has 1 aromatic heterocycles. The van der Waals surface area contributed by atoms with Gasteiger partial charge in [0.1, 0.15) is 5.76 Å². The molecule has 0 aliphatic carbocycles. The van der Waals surface area contributed by atoms with Gasteiger partial charge in [0, 0.05) is 26.4 Å². The number of carbonyl (C=O) groups excluding carboxylic acids is 1. The zero-order chi connectivity index (χ0) is 14.7. The van der Waals surface area contributed by atoms with Crippen molar-refractivity contribution in [3.05, 3.63) is 45.8 Å². The first kappa shape index (κ1) is 15.0. The SMILES string of the molecule is Cc1oc(C(=O)NN)cc1CSc1ccc(N)cc1Br. The molecule has 5 N–H and O–H groups in total. The first-order chi connectivity index (χ1) is 9.51. The van der Waals surface area contributed by atoms with E-state index in [0.29, 0.717) is 17.2 Å². The van der Waals surface area contributed by atoms with Crippen LogP contribution < -0.4 is 17.0 Å². The number of carbonyl (C=O) groups is 1. The number of amides is 1. The van der Waals surface area contributed by atoms with Crippen LogP contribution in [0.1, 0.15) is 21.9 Å². The maximum Gasteiger partial charge on any atom is 0.300 e. The van der Waals surface area contributed by atoms with Crippen LogP contribution in [0, 0.1) is 6.92 Å². The molecule has 0 bridgehead atoms. The lowest BCUT2D eigenvalue weighted by atomic mass is 10.3. The third kappa shape index (κ3) is 3.36. The van der Waals surface area contributed by atoms with E-state index in [4.69, 9.17) is 16.0 Å². The summed E-state index contributed by atoms with van der Waals surface area (Å²) in [5, 5.41) is 0. The van der Waals surface area contributed by atoms with E-state index in [1.807, 2.05) is 25.1 Å². The van der Waals surface area contributed by atoms with E-state index in [1.165, 1.54) is 0 Å². The van der Waals surface area contributed by atoms with Crippen LogP contribution in [0.2, 0.25) is 0 Å². The molecule has 1 amide bonds. The van der Waals surface area contributed by atoms with Crippen molar-refractivity contribution in [2.75, 3.05) is 5.73 Å². The van der Waals surface area contributed by atoms with Crippen molar-refractivity contribution in [2.24, 2.45) is 5.84 Å². The molecule has 0 saturated heterocycles. The third-order valence-electron chi connectivity index (χ3n) is 2.71. The fourth-order valence-corrected chi connectivity index (χ4v) is 3.33. The van der Waals surface area contributed by atoms with E-state index >= 15 is 0 Å². The number of hydrazine groups is 1. The average molecular weight is 356 g/mol. The van der Waals surface area contributed by atoms with Crippen LogP contribution in [0.15, 0.2) is 38.1 Å². The number of furan rings is 1. The number of hydrogen-bond acceptors (Lipinski definition) is 5. The maximum absolute atomic E-state index is 11.4. The van der Waals surface area contributed by atoms with E-state index in [1.54, 1.807) is 17.8 Å². The van der Waals surface area contributed by atoms with Crippen LogP contribution in [0.25, 0.3) is 0 Å². The Morgan fingerprint density at radius 3 is 2.85 bits per heavy atom. The lowest BCUT2D eigenvalue weighted by Crippen LogP contribution is -2.29. The van der Waals surface area contributed by atoms with Crippen molar-refractivity contribution in [2.45, 2.75) is 17.6 Å². The van der Waals surface area contributed by atoms with E-state index in [9.17, 15) is 4.79 Å². The second kappa shape index (κ2) is 6.34. The van der Waals surface area contributed by atoms with Crippen molar-refractivity contribution >= 4 is 39.3 Å². The first-order valence-corrected chi connectivity index (χ1v) is 7.57. The van der Waals surface area contributed by atoms with Crippen molar-refractivity contribution in [1.29, 1.82) is 0 Å². The molecule has 0 unspecified atom stereocenters. The predicted octanol–water partition coefficient (Wildman–Crippen LogP) is 2.83. The van der Waals surface area contributed by atoms with Crippen LogP contribution in [-0.4, -0.2) is 5.91 Å². The molecular weight excluding hydrogens is 342 g/mol. The Morgan fingerprint density at radius 2 is 2.20 bits per heavy atom. The minimum Gasteiger partial charge on any atom is -0.456 e. The number of nitrogen functional groups attached to an aromatic ring is 2. The zero-order valence-electron chi connectivity index (χ0n) is 10.8. The van der Waals surface area contributed by atoms with Crippen molar-refractivity contribution < 1.29 is 9.21 Å². The lowest BCUT2D eigenvalue weighted by Gasteiger charge is -2.04. The number of thioether (sulfide) groups is 1. The minimum atomic E-state index is -0.432. The summed E-state index contributed by atoms with van der Waals surface area (Å²) in [6.07, 6.45) is 0. The molecule has 0 aliphatic rings. The van der Waals surface area contributed by atoms with Gasteiger partial charge in [0.05, 0.1) is 0 Å². The van der Waals surface area contributed by atoms with Gasteiger partial charge in [0.2, 0.25) is 0 Å². The molecule has 20 heavy (non-hydrogen) atoms. The molecule has 0 spiro atoms. The van der Waals surface area contributed by atoms with E-state index < -0.39 is 5.91 Å². The van der Waals surface area contributed by atoms with E-state index in [2.05, 4.69) is 21.4 Å². The molecule has 106 valence electrons. The second-order valence-corrected chi connectivity index (χ2v) is 6.02. The Kier molecular flexibility index (Phi) is 4.74. The van der Waals surface area contributed by atoms with Gasteiger partial charge in [-0.15, -0.1) is 11.8 Å². The third-order valence-corrected chi connectivity index (χ3v) is 4.76. The molecule has 0 fully saturated rings. The molecule has 0 saturated carbocycles. The fraction of sp³-hybridized carbons (Fsp3) is 0.154. The van der Waals surface area contributed by atoms with Gasteiger partial charge in [-0.25, -0.2) is 5.84 Å². The standard InChI is InChI=1S/C13H14BrN3O2S/c1-7-8(4-11(19-7)13(18)17-16)6-20-12-3-2-9(15)5-10(12)14/h2-5H,6,15-16H2,1H3,(H,17,18).